The first kappa shape index (κ1) is 13.4. The Hall–Kier alpha value is -3.28. The van der Waals surface area contributed by atoms with Crippen molar-refractivity contribution in [2.75, 3.05) is 5.32 Å². The number of ketones is 1. The molecule has 0 bridgehead atoms. The average molecular weight is 305 g/mol. The van der Waals surface area contributed by atoms with Crippen LogP contribution in [-0.4, -0.2) is 23.3 Å². The SMILES string of the molecule is N=C1CC(=O)c2cc(Nc3ccc4c(c3)C(=O)NC4=O)ccc21. The molecule has 6 nitrogen and oxygen atoms in total. The maximum atomic E-state index is 11.9. The third-order valence-electron chi connectivity index (χ3n) is 4.01. The lowest BCUT2D eigenvalue weighted by molar-refractivity contribution is 0.0878. The predicted molar refractivity (Wildman–Crippen MR) is 83.7 cm³/mol. The van der Waals surface area contributed by atoms with Crippen molar-refractivity contribution in [3.05, 3.63) is 58.7 Å². The minimum Gasteiger partial charge on any atom is -0.355 e. The largest absolute Gasteiger partial charge is 0.355 e. The van der Waals surface area contributed by atoms with Gasteiger partial charge in [-0.15, -0.1) is 0 Å². The summed E-state index contributed by atoms with van der Waals surface area (Å²) in [6.07, 6.45) is 0.139. The highest BCUT2D eigenvalue weighted by molar-refractivity contribution is 6.25. The van der Waals surface area contributed by atoms with Crippen molar-refractivity contribution in [2.45, 2.75) is 6.42 Å². The summed E-state index contributed by atoms with van der Waals surface area (Å²) in [5.74, 6) is -0.864. The number of rotatable bonds is 2. The molecule has 0 aromatic heterocycles. The van der Waals surface area contributed by atoms with Crippen molar-refractivity contribution in [3.8, 4) is 0 Å². The predicted octanol–water partition coefficient (Wildman–Crippen LogP) is 2.27. The van der Waals surface area contributed by atoms with Crippen LogP contribution < -0.4 is 10.6 Å². The zero-order chi connectivity index (χ0) is 16.1. The molecule has 1 aliphatic carbocycles. The molecular formula is C17H11N3O3. The van der Waals surface area contributed by atoms with Gasteiger partial charge in [-0.3, -0.25) is 19.7 Å². The third-order valence-corrected chi connectivity index (χ3v) is 4.01. The van der Waals surface area contributed by atoms with Gasteiger partial charge in [0.05, 0.1) is 17.5 Å². The lowest BCUT2D eigenvalue weighted by atomic mass is 10.1. The second-order valence-corrected chi connectivity index (χ2v) is 5.51. The van der Waals surface area contributed by atoms with Gasteiger partial charge in [0.2, 0.25) is 0 Å². The van der Waals surface area contributed by atoms with Crippen LogP contribution in [0.15, 0.2) is 36.4 Å². The van der Waals surface area contributed by atoms with E-state index in [4.69, 9.17) is 5.41 Å². The first-order chi connectivity index (χ1) is 11.0. The van der Waals surface area contributed by atoms with E-state index in [1.165, 1.54) is 0 Å². The second-order valence-electron chi connectivity index (χ2n) is 5.51. The van der Waals surface area contributed by atoms with Crippen molar-refractivity contribution >= 4 is 34.7 Å². The van der Waals surface area contributed by atoms with Crippen LogP contribution in [-0.2, 0) is 0 Å². The molecule has 0 saturated heterocycles. The van der Waals surface area contributed by atoms with Gasteiger partial charge in [-0.2, -0.15) is 0 Å². The van der Waals surface area contributed by atoms with Crippen LogP contribution in [0.5, 0.6) is 0 Å². The minimum atomic E-state index is -0.411. The summed E-state index contributed by atoms with van der Waals surface area (Å²) < 4.78 is 0. The molecule has 2 aromatic rings. The van der Waals surface area contributed by atoms with Crippen molar-refractivity contribution < 1.29 is 14.4 Å². The summed E-state index contributed by atoms with van der Waals surface area (Å²) in [4.78, 5) is 35.1. The third kappa shape index (κ3) is 2.03. The molecule has 4 rings (SSSR count). The van der Waals surface area contributed by atoms with Gasteiger partial charge in [-0.05, 0) is 30.3 Å². The molecule has 23 heavy (non-hydrogen) atoms. The number of imide groups is 1. The van der Waals surface area contributed by atoms with Gasteiger partial charge in [0.1, 0.15) is 0 Å². The number of benzene rings is 2. The lowest BCUT2D eigenvalue weighted by Crippen LogP contribution is -2.19. The first-order valence-corrected chi connectivity index (χ1v) is 7.05. The van der Waals surface area contributed by atoms with E-state index < -0.39 is 11.8 Å². The first-order valence-electron chi connectivity index (χ1n) is 7.05. The molecule has 2 amide bonds. The molecule has 0 unspecified atom stereocenters. The normalized spacial score (nSPS) is 15.5. The number of amides is 2. The van der Waals surface area contributed by atoms with Gasteiger partial charge in [-0.1, -0.05) is 6.07 Å². The van der Waals surface area contributed by atoms with E-state index in [0.717, 1.165) is 0 Å². The Balaban J connectivity index is 1.68. The number of nitrogens with one attached hydrogen (secondary N) is 3. The molecule has 3 N–H and O–H groups in total. The topological polar surface area (TPSA) is 99.1 Å². The van der Waals surface area contributed by atoms with Gasteiger partial charge in [0.25, 0.3) is 11.8 Å². The molecule has 112 valence electrons. The summed E-state index contributed by atoms with van der Waals surface area (Å²) in [5, 5.41) is 13.1. The van der Waals surface area contributed by atoms with Gasteiger partial charge < -0.3 is 10.7 Å². The number of fused-ring (bicyclic) bond motifs is 2. The van der Waals surface area contributed by atoms with Gasteiger partial charge in [0.15, 0.2) is 5.78 Å². The highest BCUT2D eigenvalue weighted by Crippen LogP contribution is 2.28. The van der Waals surface area contributed by atoms with E-state index in [0.29, 0.717) is 39.3 Å². The van der Waals surface area contributed by atoms with Crippen LogP contribution in [0, 0.1) is 5.41 Å². The van der Waals surface area contributed by atoms with E-state index in [9.17, 15) is 14.4 Å². The van der Waals surface area contributed by atoms with Crippen molar-refractivity contribution in [1.29, 1.82) is 5.41 Å². The smallest absolute Gasteiger partial charge is 0.259 e. The minimum absolute atomic E-state index is 0.0624. The lowest BCUT2D eigenvalue weighted by Gasteiger charge is -2.09. The fourth-order valence-corrected chi connectivity index (χ4v) is 2.88. The quantitative estimate of drug-likeness (QED) is 0.741. The van der Waals surface area contributed by atoms with Crippen LogP contribution in [0.2, 0.25) is 0 Å². The zero-order valence-electron chi connectivity index (χ0n) is 11.9. The van der Waals surface area contributed by atoms with Crippen LogP contribution in [0.3, 0.4) is 0 Å². The van der Waals surface area contributed by atoms with Crippen LogP contribution in [0.1, 0.15) is 43.1 Å². The zero-order valence-corrected chi connectivity index (χ0v) is 11.9. The Morgan fingerprint density at radius 2 is 1.43 bits per heavy atom. The van der Waals surface area contributed by atoms with Gasteiger partial charge in [-0.25, -0.2) is 0 Å². The Labute approximate surface area is 131 Å². The number of carbonyl (C=O) groups is 3. The molecule has 0 saturated carbocycles. The van der Waals surface area contributed by atoms with Crippen LogP contribution >= 0.6 is 0 Å². The van der Waals surface area contributed by atoms with E-state index in [1.807, 2.05) is 0 Å². The summed E-state index contributed by atoms with van der Waals surface area (Å²) in [6.45, 7) is 0. The number of hydrogen-bond donors (Lipinski definition) is 3. The Kier molecular flexibility index (Phi) is 2.68. The maximum absolute atomic E-state index is 11.9. The van der Waals surface area contributed by atoms with E-state index in [-0.39, 0.29) is 12.2 Å². The van der Waals surface area contributed by atoms with Gasteiger partial charge >= 0.3 is 0 Å². The summed E-state index contributed by atoms with van der Waals surface area (Å²) in [5.41, 5.74) is 3.57. The van der Waals surface area contributed by atoms with E-state index >= 15 is 0 Å². The van der Waals surface area contributed by atoms with Crippen molar-refractivity contribution in [3.63, 3.8) is 0 Å². The van der Waals surface area contributed by atoms with E-state index in [1.54, 1.807) is 36.4 Å². The average Bonchev–Trinajstić information content (AvgIpc) is 2.96. The number of carbonyl (C=O) groups excluding carboxylic acids is 3. The molecule has 1 aliphatic heterocycles. The second kappa shape index (κ2) is 4.61. The molecule has 0 atom stereocenters. The van der Waals surface area contributed by atoms with Crippen molar-refractivity contribution in [1.82, 2.24) is 5.32 Å². The number of anilines is 2. The monoisotopic (exact) mass is 305 g/mol. The molecule has 2 aromatic carbocycles. The molecule has 0 spiro atoms. The highest BCUT2D eigenvalue weighted by Gasteiger charge is 2.27. The Morgan fingerprint density at radius 1 is 0.826 bits per heavy atom. The van der Waals surface area contributed by atoms with Crippen molar-refractivity contribution in [2.24, 2.45) is 0 Å². The van der Waals surface area contributed by atoms with Crippen LogP contribution in [0.25, 0.3) is 0 Å². The summed E-state index contributed by atoms with van der Waals surface area (Å²) in [6, 6.07) is 10.1. The molecule has 6 heteroatoms. The maximum Gasteiger partial charge on any atom is 0.259 e. The highest BCUT2D eigenvalue weighted by atomic mass is 16.2. The van der Waals surface area contributed by atoms with Crippen LogP contribution in [0.4, 0.5) is 11.4 Å². The molecular weight excluding hydrogens is 294 g/mol. The molecule has 0 fully saturated rings. The Morgan fingerprint density at radius 3 is 2.17 bits per heavy atom. The summed E-state index contributed by atoms with van der Waals surface area (Å²) in [7, 11) is 0. The van der Waals surface area contributed by atoms with Gasteiger partial charge in [0, 0.05) is 28.2 Å². The fourth-order valence-electron chi connectivity index (χ4n) is 2.88. The summed E-state index contributed by atoms with van der Waals surface area (Å²) >= 11 is 0. The number of hydrogen-bond acceptors (Lipinski definition) is 5. The fraction of sp³-hybridized carbons (Fsp3) is 0.0588. The number of Topliss-reactive ketones (excluding diaryl/α,β-unsaturated/α-hetero) is 1. The standard InChI is InChI=1S/C17H11N3O3/c18-14-7-15(21)12-5-8(1-3-10(12)14)19-9-2-4-11-13(6-9)17(23)20-16(11)22/h1-6,18-19H,7H2,(H,20,22,23). The molecule has 0 radical (unpaired) electrons. The molecule has 1 heterocycles. The molecule has 2 aliphatic rings. The Bertz CT molecular complexity index is 855. The van der Waals surface area contributed by atoms with E-state index in [2.05, 4.69) is 10.6 Å².